The molecule has 0 aliphatic carbocycles. The first-order valence-electron chi connectivity index (χ1n) is 5.23. The van der Waals surface area contributed by atoms with Gasteiger partial charge in [-0.15, -0.1) is 10.2 Å². The normalized spacial score (nSPS) is 10.3. The lowest BCUT2D eigenvalue weighted by atomic mass is 10.2. The van der Waals surface area contributed by atoms with Crippen LogP contribution in [0.4, 0.5) is 5.69 Å². The van der Waals surface area contributed by atoms with Crippen molar-refractivity contribution in [1.82, 2.24) is 10.2 Å². The third-order valence-electron chi connectivity index (χ3n) is 2.39. The summed E-state index contributed by atoms with van der Waals surface area (Å²) in [6.45, 7) is 2.00. The molecule has 0 unspecified atom stereocenters. The molecule has 0 atom stereocenters. The van der Waals surface area contributed by atoms with E-state index in [9.17, 15) is 4.79 Å². The molecular formula is C12H8Cl2IN3O. The second-order valence-corrected chi connectivity index (χ2v) is 5.70. The van der Waals surface area contributed by atoms with Crippen LogP contribution < -0.4 is 5.32 Å². The molecule has 0 bridgehead atoms. The highest BCUT2D eigenvalue weighted by molar-refractivity contribution is 14.1. The van der Waals surface area contributed by atoms with Crippen LogP contribution in [0.3, 0.4) is 0 Å². The molecule has 0 aliphatic heterocycles. The summed E-state index contributed by atoms with van der Waals surface area (Å²) in [6, 6.07) is 7.00. The number of halogens is 3. The van der Waals surface area contributed by atoms with Crippen LogP contribution >= 0.6 is 45.8 Å². The molecule has 2 rings (SSSR count). The Labute approximate surface area is 133 Å². The lowest BCUT2D eigenvalue weighted by molar-refractivity contribution is 0.102. The topological polar surface area (TPSA) is 54.9 Å². The Morgan fingerprint density at radius 2 is 2.00 bits per heavy atom. The number of anilines is 1. The van der Waals surface area contributed by atoms with Crippen molar-refractivity contribution in [3.05, 3.63) is 49.3 Å². The van der Waals surface area contributed by atoms with Crippen LogP contribution in [0.2, 0.25) is 10.3 Å². The Kier molecular flexibility index (Phi) is 4.59. The maximum absolute atomic E-state index is 12.1. The predicted octanol–water partition coefficient (Wildman–Crippen LogP) is 3.95. The molecule has 0 fully saturated rings. The highest BCUT2D eigenvalue weighted by Crippen LogP contribution is 2.20. The van der Waals surface area contributed by atoms with Gasteiger partial charge in [0.1, 0.15) is 0 Å². The van der Waals surface area contributed by atoms with Crippen LogP contribution in [-0.2, 0) is 0 Å². The highest BCUT2D eigenvalue weighted by atomic mass is 127. The second kappa shape index (κ2) is 6.02. The SMILES string of the molecule is Cc1ccc(NC(=O)c2cc(Cl)nnc2Cl)cc1I. The first kappa shape index (κ1) is 14.5. The Morgan fingerprint density at radius 3 is 2.68 bits per heavy atom. The molecule has 0 saturated heterocycles. The lowest BCUT2D eigenvalue weighted by Crippen LogP contribution is -2.13. The van der Waals surface area contributed by atoms with Crippen molar-refractivity contribution < 1.29 is 4.79 Å². The minimum Gasteiger partial charge on any atom is -0.322 e. The molecule has 1 aromatic heterocycles. The summed E-state index contributed by atoms with van der Waals surface area (Å²) in [5, 5.41) is 10.0. The van der Waals surface area contributed by atoms with Crippen LogP contribution in [0.15, 0.2) is 24.3 Å². The molecule has 1 N–H and O–H groups in total. The van der Waals surface area contributed by atoms with Crippen molar-refractivity contribution in [1.29, 1.82) is 0 Å². The standard InChI is InChI=1S/C12H8Cl2IN3O/c1-6-2-3-7(4-9(6)15)16-12(19)8-5-10(13)17-18-11(8)14/h2-5H,1H3,(H,16,19). The fraction of sp³-hybridized carbons (Fsp3) is 0.0833. The molecule has 0 spiro atoms. The number of hydrogen-bond acceptors (Lipinski definition) is 3. The van der Waals surface area contributed by atoms with Crippen molar-refractivity contribution in [3.63, 3.8) is 0 Å². The number of aryl methyl sites for hydroxylation is 1. The van der Waals surface area contributed by atoms with Crippen LogP contribution in [0.5, 0.6) is 0 Å². The molecule has 1 aromatic carbocycles. The number of hydrogen-bond donors (Lipinski definition) is 1. The van der Waals surface area contributed by atoms with E-state index in [4.69, 9.17) is 23.2 Å². The van der Waals surface area contributed by atoms with Gasteiger partial charge in [0, 0.05) is 9.26 Å². The number of benzene rings is 1. The fourth-order valence-electron chi connectivity index (χ4n) is 1.38. The third kappa shape index (κ3) is 3.55. The predicted molar refractivity (Wildman–Crippen MR) is 83.9 cm³/mol. The Bertz CT molecular complexity index is 649. The van der Waals surface area contributed by atoms with E-state index in [0.29, 0.717) is 5.69 Å². The molecule has 0 saturated carbocycles. The van der Waals surface area contributed by atoms with Crippen molar-refractivity contribution in [2.45, 2.75) is 6.92 Å². The van der Waals surface area contributed by atoms with Gasteiger partial charge >= 0.3 is 0 Å². The fourth-order valence-corrected chi connectivity index (χ4v) is 2.22. The van der Waals surface area contributed by atoms with Crippen molar-refractivity contribution >= 4 is 57.4 Å². The van der Waals surface area contributed by atoms with Gasteiger partial charge in [-0.05, 0) is 53.3 Å². The van der Waals surface area contributed by atoms with Gasteiger partial charge in [-0.1, -0.05) is 29.3 Å². The maximum Gasteiger partial charge on any atom is 0.258 e. The summed E-state index contributed by atoms with van der Waals surface area (Å²) in [7, 11) is 0. The van der Waals surface area contributed by atoms with Crippen LogP contribution in [-0.4, -0.2) is 16.1 Å². The molecule has 1 amide bonds. The van der Waals surface area contributed by atoms with Gasteiger partial charge in [0.05, 0.1) is 5.56 Å². The summed E-state index contributed by atoms with van der Waals surface area (Å²) >= 11 is 13.7. The minimum absolute atomic E-state index is 0.0173. The highest BCUT2D eigenvalue weighted by Gasteiger charge is 2.13. The molecule has 0 aliphatic rings. The monoisotopic (exact) mass is 407 g/mol. The zero-order chi connectivity index (χ0) is 14.0. The maximum atomic E-state index is 12.1. The van der Waals surface area contributed by atoms with Crippen molar-refractivity contribution in [3.8, 4) is 0 Å². The smallest absolute Gasteiger partial charge is 0.258 e. The number of carbonyl (C=O) groups excluding carboxylic acids is 1. The number of amides is 1. The summed E-state index contributed by atoms with van der Waals surface area (Å²) in [4.78, 5) is 12.1. The number of aromatic nitrogens is 2. The lowest BCUT2D eigenvalue weighted by Gasteiger charge is -2.07. The Hall–Kier alpha value is -0.920. The number of carbonyl (C=O) groups is 1. The van der Waals surface area contributed by atoms with Gasteiger partial charge in [-0.2, -0.15) is 0 Å². The molecule has 19 heavy (non-hydrogen) atoms. The number of rotatable bonds is 2. The number of nitrogens with one attached hydrogen (secondary N) is 1. The number of nitrogens with zero attached hydrogens (tertiary/aromatic N) is 2. The van der Waals surface area contributed by atoms with E-state index in [2.05, 4.69) is 38.1 Å². The van der Waals surface area contributed by atoms with Gasteiger partial charge < -0.3 is 5.32 Å². The molecule has 98 valence electrons. The van der Waals surface area contributed by atoms with Crippen LogP contribution in [0, 0.1) is 10.5 Å². The van der Waals surface area contributed by atoms with E-state index >= 15 is 0 Å². The van der Waals surface area contributed by atoms with Crippen LogP contribution in [0.1, 0.15) is 15.9 Å². The Morgan fingerprint density at radius 1 is 1.26 bits per heavy atom. The van der Waals surface area contributed by atoms with Gasteiger partial charge in [-0.3, -0.25) is 4.79 Å². The van der Waals surface area contributed by atoms with E-state index in [0.717, 1.165) is 9.13 Å². The molecular weight excluding hydrogens is 400 g/mol. The van der Waals surface area contributed by atoms with Gasteiger partial charge in [-0.25, -0.2) is 0 Å². The second-order valence-electron chi connectivity index (χ2n) is 3.79. The van der Waals surface area contributed by atoms with Crippen molar-refractivity contribution in [2.75, 3.05) is 5.32 Å². The average Bonchev–Trinajstić information content (AvgIpc) is 2.36. The Balaban J connectivity index is 2.25. The van der Waals surface area contributed by atoms with Gasteiger partial charge in [0.25, 0.3) is 5.91 Å². The van der Waals surface area contributed by atoms with E-state index in [1.165, 1.54) is 6.07 Å². The molecule has 2 aromatic rings. The minimum atomic E-state index is -0.374. The van der Waals surface area contributed by atoms with Gasteiger partial charge in [0.2, 0.25) is 0 Å². The summed E-state index contributed by atoms with van der Waals surface area (Å²) in [5.74, 6) is -0.374. The first-order chi connectivity index (χ1) is 8.97. The molecule has 7 heteroatoms. The third-order valence-corrected chi connectivity index (χ3v) is 4.02. The average molecular weight is 408 g/mol. The van der Waals surface area contributed by atoms with E-state index in [1.807, 2.05) is 25.1 Å². The van der Waals surface area contributed by atoms with E-state index in [1.54, 1.807) is 0 Å². The summed E-state index contributed by atoms with van der Waals surface area (Å²) in [6.07, 6.45) is 0. The summed E-state index contributed by atoms with van der Waals surface area (Å²) in [5.41, 5.74) is 2.02. The quantitative estimate of drug-likeness (QED) is 0.767. The molecule has 1 heterocycles. The van der Waals surface area contributed by atoms with Crippen LogP contribution in [0.25, 0.3) is 0 Å². The zero-order valence-electron chi connectivity index (χ0n) is 9.75. The molecule has 0 radical (unpaired) electrons. The molecule has 4 nitrogen and oxygen atoms in total. The van der Waals surface area contributed by atoms with E-state index in [-0.39, 0.29) is 21.8 Å². The largest absolute Gasteiger partial charge is 0.322 e. The first-order valence-corrected chi connectivity index (χ1v) is 7.07. The van der Waals surface area contributed by atoms with E-state index < -0.39 is 0 Å². The van der Waals surface area contributed by atoms with Gasteiger partial charge in [0.15, 0.2) is 10.3 Å². The van der Waals surface area contributed by atoms with Crippen molar-refractivity contribution in [2.24, 2.45) is 0 Å². The summed E-state index contributed by atoms with van der Waals surface area (Å²) < 4.78 is 1.06. The zero-order valence-corrected chi connectivity index (χ0v) is 13.4.